The SMILES string of the molecule is COc1ccc(Br)c(Cn2nnc3c(cnn3C)c2=O)c1. The molecule has 108 valence electrons. The first-order valence-electron chi connectivity index (χ1n) is 6.18. The van der Waals surface area contributed by atoms with Gasteiger partial charge in [-0.2, -0.15) is 5.10 Å². The molecule has 0 fully saturated rings. The van der Waals surface area contributed by atoms with E-state index in [0.29, 0.717) is 17.6 Å². The Bertz CT molecular complexity index is 871. The second kappa shape index (κ2) is 5.28. The Kier molecular flexibility index (Phi) is 3.46. The van der Waals surface area contributed by atoms with E-state index in [1.165, 1.54) is 15.6 Å². The van der Waals surface area contributed by atoms with Gasteiger partial charge in [-0.25, -0.2) is 9.36 Å². The second-order valence-electron chi connectivity index (χ2n) is 4.52. The molecule has 0 radical (unpaired) electrons. The molecule has 21 heavy (non-hydrogen) atoms. The number of rotatable bonds is 3. The number of benzene rings is 1. The third-order valence-corrected chi connectivity index (χ3v) is 3.97. The van der Waals surface area contributed by atoms with Crippen molar-refractivity contribution < 1.29 is 4.74 Å². The van der Waals surface area contributed by atoms with Gasteiger partial charge in [0, 0.05) is 11.5 Å². The average Bonchev–Trinajstić information content (AvgIpc) is 2.86. The highest BCUT2D eigenvalue weighted by molar-refractivity contribution is 9.10. The van der Waals surface area contributed by atoms with Crippen LogP contribution < -0.4 is 10.3 Å². The number of hydrogen-bond donors (Lipinski definition) is 0. The number of methoxy groups -OCH3 is 1. The molecule has 2 aromatic heterocycles. The van der Waals surface area contributed by atoms with Crippen molar-refractivity contribution >= 4 is 27.0 Å². The minimum absolute atomic E-state index is 0.220. The van der Waals surface area contributed by atoms with Gasteiger partial charge in [0.25, 0.3) is 5.56 Å². The molecule has 0 bridgehead atoms. The number of aromatic nitrogens is 5. The molecule has 3 aromatic rings. The van der Waals surface area contributed by atoms with Crippen LogP contribution >= 0.6 is 15.9 Å². The molecule has 1 aromatic carbocycles. The first-order valence-corrected chi connectivity index (χ1v) is 6.97. The van der Waals surface area contributed by atoms with Crippen LogP contribution in [0.25, 0.3) is 11.0 Å². The van der Waals surface area contributed by atoms with Crippen LogP contribution in [0.15, 0.2) is 33.7 Å². The molecule has 8 heteroatoms. The molecule has 0 aliphatic carbocycles. The second-order valence-corrected chi connectivity index (χ2v) is 5.37. The predicted octanol–water partition coefficient (Wildman–Crippen LogP) is 1.34. The minimum atomic E-state index is -0.220. The van der Waals surface area contributed by atoms with E-state index in [4.69, 9.17) is 4.74 Å². The Morgan fingerprint density at radius 1 is 1.38 bits per heavy atom. The van der Waals surface area contributed by atoms with Crippen molar-refractivity contribution in [3.05, 3.63) is 44.8 Å². The highest BCUT2D eigenvalue weighted by atomic mass is 79.9. The fourth-order valence-corrected chi connectivity index (χ4v) is 2.41. The van der Waals surface area contributed by atoms with Crippen molar-refractivity contribution in [1.82, 2.24) is 24.8 Å². The Balaban J connectivity index is 2.06. The molecule has 0 atom stereocenters. The van der Waals surface area contributed by atoms with Gasteiger partial charge < -0.3 is 4.74 Å². The van der Waals surface area contributed by atoms with Gasteiger partial charge in [0.2, 0.25) is 0 Å². The smallest absolute Gasteiger partial charge is 0.281 e. The van der Waals surface area contributed by atoms with Gasteiger partial charge in [-0.15, -0.1) is 5.10 Å². The zero-order chi connectivity index (χ0) is 15.0. The molecule has 7 nitrogen and oxygen atoms in total. The quantitative estimate of drug-likeness (QED) is 0.713. The molecule has 0 aliphatic rings. The molecule has 2 heterocycles. The van der Waals surface area contributed by atoms with E-state index >= 15 is 0 Å². The topological polar surface area (TPSA) is 74.8 Å². The monoisotopic (exact) mass is 349 g/mol. The lowest BCUT2D eigenvalue weighted by molar-refractivity contribution is 0.413. The van der Waals surface area contributed by atoms with Crippen LogP contribution in [0.4, 0.5) is 0 Å². The molecule has 0 amide bonds. The number of aryl methyl sites for hydroxylation is 1. The third kappa shape index (κ3) is 2.42. The maximum Gasteiger partial charge on any atom is 0.281 e. The van der Waals surface area contributed by atoms with Gasteiger partial charge in [0.15, 0.2) is 5.65 Å². The van der Waals surface area contributed by atoms with Crippen molar-refractivity contribution in [1.29, 1.82) is 0 Å². The predicted molar refractivity (Wildman–Crippen MR) is 80.4 cm³/mol. The van der Waals surface area contributed by atoms with Gasteiger partial charge in [0.05, 0.1) is 19.9 Å². The highest BCUT2D eigenvalue weighted by Crippen LogP contribution is 2.22. The van der Waals surface area contributed by atoms with Crippen LogP contribution in [0.1, 0.15) is 5.56 Å². The zero-order valence-electron chi connectivity index (χ0n) is 11.4. The number of fused-ring (bicyclic) bond motifs is 1. The Morgan fingerprint density at radius 3 is 2.95 bits per heavy atom. The van der Waals surface area contributed by atoms with Crippen LogP contribution in [0.2, 0.25) is 0 Å². The Hall–Kier alpha value is -2.22. The molecular formula is C13H12BrN5O2. The average molecular weight is 350 g/mol. The lowest BCUT2D eigenvalue weighted by Gasteiger charge is -2.08. The van der Waals surface area contributed by atoms with E-state index in [1.807, 2.05) is 18.2 Å². The fraction of sp³-hybridized carbons (Fsp3) is 0.231. The van der Waals surface area contributed by atoms with Gasteiger partial charge in [-0.05, 0) is 23.8 Å². The van der Waals surface area contributed by atoms with Gasteiger partial charge >= 0.3 is 0 Å². The summed E-state index contributed by atoms with van der Waals surface area (Å²) in [6, 6.07) is 5.56. The lowest BCUT2D eigenvalue weighted by atomic mass is 10.2. The van der Waals surface area contributed by atoms with Gasteiger partial charge in [-0.1, -0.05) is 21.1 Å². The van der Waals surface area contributed by atoms with Crippen molar-refractivity contribution in [3.8, 4) is 5.75 Å². The summed E-state index contributed by atoms with van der Waals surface area (Å²) in [4.78, 5) is 12.4. The minimum Gasteiger partial charge on any atom is -0.497 e. The molecule has 3 rings (SSSR count). The summed E-state index contributed by atoms with van der Waals surface area (Å²) in [5, 5.41) is 12.5. The fourth-order valence-electron chi connectivity index (χ4n) is 2.04. The first-order chi connectivity index (χ1) is 10.1. The van der Waals surface area contributed by atoms with E-state index in [9.17, 15) is 4.79 Å². The summed E-state index contributed by atoms with van der Waals surface area (Å²) >= 11 is 3.46. The molecule has 0 N–H and O–H groups in total. The van der Waals surface area contributed by atoms with E-state index in [-0.39, 0.29) is 5.56 Å². The maximum atomic E-state index is 12.4. The number of hydrogen-bond acceptors (Lipinski definition) is 5. The standard InChI is InChI=1S/C13H12BrN5O2/c1-18-12-10(6-15-18)13(20)19(17-16-12)7-8-5-9(21-2)3-4-11(8)14/h3-6H,7H2,1-2H3. The van der Waals surface area contributed by atoms with E-state index in [1.54, 1.807) is 14.2 Å². The van der Waals surface area contributed by atoms with Gasteiger partial charge in [0.1, 0.15) is 11.1 Å². The van der Waals surface area contributed by atoms with Crippen molar-refractivity contribution in [2.45, 2.75) is 6.54 Å². The molecular weight excluding hydrogens is 338 g/mol. The van der Waals surface area contributed by atoms with Gasteiger partial charge in [-0.3, -0.25) is 4.79 Å². The van der Waals surface area contributed by atoms with E-state index in [0.717, 1.165) is 15.8 Å². The summed E-state index contributed by atoms with van der Waals surface area (Å²) in [6.45, 7) is 0.300. The van der Waals surface area contributed by atoms with Crippen LogP contribution in [0, 0.1) is 0 Å². The maximum absolute atomic E-state index is 12.4. The molecule has 0 aliphatic heterocycles. The normalized spacial score (nSPS) is 11.0. The first kappa shape index (κ1) is 13.7. The summed E-state index contributed by atoms with van der Waals surface area (Å²) in [5.41, 5.74) is 1.14. The van der Waals surface area contributed by atoms with Crippen LogP contribution in [-0.4, -0.2) is 31.9 Å². The Morgan fingerprint density at radius 2 is 2.19 bits per heavy atom. The molecule has 0 unspecified atom stereocenters. The summed E-state index contributed by atoms with van der Waals surface area (Å²) in [7, 11) is 3.32. The number of ether oxygens (including phenoxy) is 1. The molecule has 0 saturated heterocycles. The van der Waals surface area contributed by atoms with Crippen molar-refractivity contribution in [3.63, 3.8) is 0 Å². The van der Waals surface area contributed by atoms with Crippen LogP contribution in [-0.2, 0) is 13.6 Å². The summed E-state index contributed by atoms with van der Waals surface area (Å²) < 4.78 is 8.90. The third-order valence-electron chi connectivity index (χ3n) is 3.19. The van der Waals surface area contributed by atoms with Crippen LogP contribution in [0.5, 0.6) is 5.75 Å². The molecule has 0 spiro atoms. The largest absolute Gasteiger partial charge is 0.497 e. The number of halogens is 1. The molecule has 0 saturated carbocycles. The Labute approximate surface area is 128 Å². The summed E-state index contributed by atoms with van der Waals surface area (Å²) in [6.07, 6.45) is 1.50. The number of nitrogens with zero attached hydrogens (tertiary/aromatic N) is 5. The van der Waals surface area contributed by atoms with E-state index in [2.05, 4.69) is 31.3 Å². The van der Waals surface area contributed by atoms with Crippen LogP contribution in [0.3, 0.4) is 0 Å². The lowest BCUT2D eigenvalue weighted by Crippen LogP contribution is -2.24. The van der Waals surface area contributed by atoms with Crippen molar-refractivity contribution in [2.24, 2.45) is 7.05 Å². The van der Waals surface area contributed by atoms with E-state index < -0.39 is 0 Å². The highest BCUT2D eigenvalue weighted by Gasteiger charge is 2.11. The van der Waals surface area contributed by atoms with Crippen molar-refractivity contribution in [2.75, 3.05) is 7.11 Å². The summed E-state index contributed by atoms with van der Waals surface area (Å²) in [5.74, 6) is 0.719. The zero-order valence-corrected chi connectivity index (χ0v) is 13.0.